The number of anilines is 2. The molecule has 0 spiro atoms. The van der Waals surface area contributed by atoms with Crippen LogP contribution < -0.4 is 9.80 Å². The minimum atomic E-state index is -4.44. The molecular formula is C23H25ClF3N3O2. The molecule has 1 aliphatic heterocycles. The second kappa shape index (κ2) is 9.81. The molecule has 32 heavy (non-hydrogen) atoms. The maximum absolute atomic E-state index is 12.8. The molecule has 1 saturated heterocycles. The van der Waals surface area contributed by atoms with Crippen molar-refractivity contribution in [1.82, 2.24) is 4.90 Å². The summed E-state index contributed by atoms with van der Waals surface area (Å²) in [4.78, 5) is 30.7. The minimum Gasteiger partial charge on any atom is -0.378 e. The lowest BCUT2D eigenvalue weighted by molar-refractivity contribution is -0.137. The molecule has 2 amide bonds. The smallest absolute Gasteiger partial charge is 0.378 e. The van der Waals surface area contributed by atoms with E-state index in [9.17, 15) is 22.8 Å². The summed E-state index contributed by atoms with van der Waals surface area (Å²) in [5.41, 5.74) is 1.12. The van der Waals surface area contributed by atoms with E-state index in [-0.39, 0.29) is 29.3 Å². The van der Waals surface area contributed by atoms with Crippen LogP contribution in [0.2, 0.25) is 0 Å². The summed E-state index contributed by atoms with van der Waals surface area (Å²) in [5, 5.41) is 0. The lowest BCUT2D eigenvalue weighted by atomic mass is 10.0. The first kappa shape index (κ1) is 23.9. The number of carbonyl (C=O) groups is 2. The third kappa shape index (κ3) is 5.35. The molecule has 0 aromatic heterocycles. The molecule has 9 heteroatoms. The fraction of sp³-hybridized carbons (Fsp3) is 0.391. The highest BCUT2D eigenvalue weighted by Gasteiger charge is 2.32. The molecule has 0 N–H and O–H groups in total. The van der Waals surface area contributed by atoms with E-state index in [1.807, 2.05) is 43.3 Å². The summed E-state index contributed by atoms with van der Waals surface area (Å²) >= 11 is 5.88. The van der Waals surface area contributed by atoms with E-state index in [1.54, 1.807) is 9.80 Å². The van der Waals surface area contributed by atoms with Crippen molar-refractivity contribution >= 4 is 34.8 Å². The first-order chi connectivity index (χ1) is 15.1. The SMILES string of the molecule is CN(C)c1cccc(N(C(=O)CCl)C2CCN(C(=O)c3ccc(C(F)(F)F)cc3)CC2)c1. The van der Waals surface area contributed by atoms with Crippen LogP contribution in [0.1, 0.15) is 28.8 Å². The van der Waals surface area contributed by atoms with Crippen molar-refractivity contribution in [2.45, 2.75) is 25.1 Å². The number of likely N-dealkylation sites (tertiary alicyclic amines) is 1. The van der Waals surface area contributed by atoms with Gasteiger partial charge in [0.25, 0.3) is 5.91 Å². The molecule has 0 saturated carbocycles. The Bertz CT molecular complexity index is 956. The van der Waals surface area contributed by atoms with Gasteiger partial charge in [-0.2, -0.15) is 13.2 Å². The minimum absolute atomic E-state index is 0.129. The second-order valence-electron chi connectivity index (χ2n) is 7.91. The van der Waals surface area contributed by atoms with Crippen LogP contribution in [0.4, 0.5) is 24.5 Å². The maximum atomic E-state index is 12.8. The molecule has 0 bridgehead atoms. The van der Waals surface area contributed by atoms with Gasteiger partial charge in [-0.1, -0.05) is 6.07 Å². The first-order valence-electron chi connectivity index (χ1n) is 10.2. The summed E-state index contributed by atoms with van der Waals surface area (Å²) in [6.45, 7) is 0.786. The van der Waals surface area contributed by atoms with Gasteiger partial charge in [0.2, 0.25) is 5.91 Å². The van der Waals surface area contributed by atoms with Crippen LogP contribution in [0.15, 0.2) is 48.5 Å². The van der Waals surface area contributed by atoms with Crippen molar-refractivity contribution in [2.75, 3.05) is 42.9 Å². The lowest BCUT2D eigenvalue weighted by Gasteiger charge is -2.38. The van der Waals surface area contributed by atoms with Crippen molar-refractivity contribution in [2.24, 2.45) is 0 Å². The predicted molar refractivity (Wildman–Crippen MR) is 119 cm³/mol. The molecule has 5 nitrogen and oxygen atoms in total. The van der Waals surface area contributed by atoms with Crippen molar-refractivity contribution in [3.05, 3.63) is 59.7 Å². The fourth-order valence-electron chi connectivity index (χ4n) is 3.86. The molecule has 3 rings (SSSR count). The summed E-state index contributed by atoms with van der Waals surface area (Å²) in [5.74, 6) is -0.686. The number of hydrogen-bond donors (Lipinski definition) is 0. The second-order valence-corrected chi connectivity index (χ2v) is 8.18. The number of piperidine rings is 1. The molecule has 2 aromatic rings. The van der Waals surface area contributed by atoms with Gasteiger partial charge < -0.3 is 14.7 Å². The number of rotatable bonds is 5. The Morgan fingerprint density at radius 2 is 1.62 bits per heavy atom. The molecular weight excluding hydrogens is 443 g/mol. The van der Waals surface area contributed by atoms with Gasteiger partial charge in [-0.3, -0.25) is 9.59 Å². The average molecular weight is 468 g/mol. The molecule has 1 aliphatic rings. The van der Waals surface area contributed by atoms with E-state index in [2.05, 4.69) is 0 Å². The van der Waals surface area contributed by atoms with Gasteiger partial charge in [0.15, 0.2) is 0 Å². The zero-order valence-corrected chi connectivity index (χ0v) is 18.7. The van der Waals surface area contributed by atoms with Crippen molar-refractivity contribution in [1.29, 1.82) is 0 Å². The summed E-state index contributed by atoms with van der Waals surface area (Å²) in [6.07, 6.45) is -3.36. The third-order valence-corrected chi connectivity index (χ3v) is 5.81. The highest BCUT2D eigenvalue weighted by atomic mass is 35.5. The van der Waals surface area contributed by atoms with Gasteiger partial charge >= 0.3 is 6.18 Å². The Morgan fingerprint density at radius 1 is 1.03 bits per heavy atom. The summed E-state index contributed by atoms with van der Waals surface area (Å²) < 4.78 is 38.3. The van der Waals surface area contributed by atoms with Gasteiger partial charge in [-0.25, -0.2) is 0 Å². The van der Waals surface area contributed by atoms with Gasteiger partial charge in [0, 0.05) is 50.2 Å². The number of carbonyl (C=O) groups excluding carboxylic acids is 2. The van der Waals surface area contributed by atoms with E-state index in [4.69, 9.17) is 11.6 Å². The molecule has 1 fully saturated rings. The van der Waals surface area contributed by atoms with Crippen LogP contribution in [0.3, 0.4) is 0 Å². The summed E-state index contributed by atoms with van der Waals surface area (Å²) in [6, 6.07) is 11.7. The predicted octanol–water partition coefficient (Wildman–Crippen LogP) is 4.65. The van der Waals surface area contributed by atoms with Gasteiger partial charge in [0.05, 0.1) is 5.56 Å². The van der Waals surface area contributed by atoms with Crippen LogP contribution in [-0.2, 0) is 11.0 Å². The molecule has 0 radical (unpaired) electrons. The molecule has 0 aliphatic carbocycles. The van der Waals surface area contributed by atoms with E-state index >= 15 is 0 Å². The highest BCUT2D eigenvalue weighted by molar-refractivity contribution is 6.29. The zero-order chi connectivity index (χ0) is 23.5. The Morgan fingerprint density at radius 3 is 2.16 bits per heavy atom. The van der Waals surface area contributed by atoms with Crippen LogP contribution in [-0.4, -0.2) is 55.8 Å². The number of nitrogens with zero attached hydrogens (tertiary/aromatic N) is 3. The van der Waals surface area contributed by atoms with E-state index in [1.165, 1.54) is 12.1 Å². The maximum Gasteiger partial charge on any atom is 0.416 e. The Kier molecular flexibility index (Phi) is 7.33. The van der Waals surface area contributed by atoms with E-state index in [0.717, 1.165) is 23.5 Å². The standard InChI is InChI=1S/C23H25ClF3N3O2/c1-28(2)19-4-3-5-20(14-19)30(21(31)15-24)18-10-12-29(13-11-18)22(32)16-6-8-17(9-7-16)23(25,26)27/h3-9,14,18H,10-13,15H2,1-2H3. The average Bonchev–Trinajstić information content (AvgIpc) is 2.79. The zero-order valence-electron chi connectivity index (χ0n) is 17.9. The summed E-state index contributed by atoms with van der Waals surface area (Å²) in [7, 11) is 3.83. The van der Waals surface area contributed by atoms with Crippen molar-refractivity contribution < 1.29 is 22.8 Å². The Labute approximate surface area is 190 Å². The quantitative estimate of drug-likeness (QED) is 0.601. The van der Waals surface area contributed by atoms with Gasteiger partial charge in [0.1, 0.15) is 5.88 Å². The number of halogens is 4. The number of alkyl halides is 4. The topological polar surface area (TPSA) is 43.9 Å². The largest absolute Gasteiger partial charge is 0.416 e. The van der Waals surface area contributed by atoms with Gasteiger partial charge in [-0.05, 0) is 55.3 Å². The molecule has 172 valence electrons. The van der Waals surface area contributed by atoms with Crippen molar-refractivity contribution in [3.63, 3.8) is 0 Å². The van der Waals surface area contributed by atoms with E-state index in [0.29, 0.717) is 25.9 Å². The molecule has 0 atom stereocenters. The number of benzene rings is 2. The van der Waals surface area contributed by atoms with Crippen molar-refractivity contribution in [3.8, 4) is 0 Å². The van der Waals surface area contributed by atoms with Crippen LogP contribution >= 0.6 is 11.6 Å². The van der Waals surface area contributed by atoms with E-state index < -0.39 is 11.7 Å². The normalized spacial score (nSPS) is 14.9. The molecule has 0 unspecified atom stereocenters. The molecule has 1 heterocycles. The fourth-order valence-corrected chi connectivity index (χ4v) is 3.98. The van der Waals surface area contributed by atoms with Crippen LogP contribution in [0.5, 0.6) is 0 Å². The van der Waals surface area contributed by atoms with Gasteiger partial charge in [-0.15, -0.1) is 11.6 Å². The highest BCUT2D eigenvalue weighted by Crippen LogP contribution is 2.30. The monoisotopic (exact) mass is 467 g/mol. The number of amides is 2. The first-order valence-corrected chi connectivity index (χ1v) is 10.8. The molecule has 2 aromatic carbocycles. The Balaban J connectivity index is 1.71. The van der Waals surface area contributed by atoms with Crippen LogP contribution in [0.25, 0.3) is 0 Å². The van der Waals surface area contributed by atoms with Crippen LogP contribution in [0, 0.1) is 0 Å². The number of hydrogen-bond acceptors (Lipinski definition) is 3. The third-order valence-electron chi connectivity index (χ3n) is 5.58. The lowest BCUT2D eigenvalue weighted by Crippen LogP contribution is -2.49. The Hall–Kier alpha value is -2.74.